The molecule has 0 aliphatic rings. The Balaban J connectivity index is 2.19. The minimum absolute atomic E-state index is 0.106. The van der Waals surface area contributed by atoms with Crippen molar-refractivity contribution in [3.63, 3.8) is 0 Å². The molecule has 1 aromatic carbocycles. The van der Waals surface area contributed by atoms with Gasteiger partial charge in [0.2, 0.25) is 5.69 Å². The molecule has 0 fully saturated rings. The number of carboxylic acid groups (broad SMARTS) is 1. The van der Waals surface area contributed by atoms with Gasteiger partial charge < -0.3 is 5.11 Å². The van der Waals surface area contributed by atoms with Crippen LogP contribution < -0.4 is 0 Å². The van der Waals surface area contributed by atoms with Crippen LogP contribution in [0.15, 0.2) is 47.1 Å². The molecule has 0 atom stereocenters. The van der Waals surface area contributed by atoms with E-state index in [-0.39, 0.29) is 11.4 Å². The van der Waals surface area contributed by atoms with Gasteiger partial charge in [0.1, 0.15) is 5.82 Å². The molecular formula is C16H8BrFN4O2. The second-order valence-electron chi connectivity index (χ2n) is 4.74. The molecule has 3 aromatic rings. The minimum Gasteiger partial charge on any atom is -0.476 e. The summed E-state index contributed by atoms with van der Waals surface area (Å²) in [4.78, 5) is 18.5. The molecule has 1 N–H and O–H groups in total. The van der Waals surface area contributed by atoms with Gasteiger partial charge in [-0.15, -0.1) is 0 Å². The lowest BCUT2D eigenvalue weighted by atomic mass is 10.1. The number of hydrogen-bond donors (Lipinski definition) is 1. The van der Waals surface area contributed by atoms with Gasteiger partial charge in [-0.3, -0.25) is 0 Å². The van der Waals surface area contributed by atoms with E-state index >= 15 is 0 Å². The number of nitrogens with zero attached hydrogens (tertiary/aromatic N) is 4. The number of carbonyl (C=O) groups is 1. The molecule has 118 valence electrons. The summed E-state index contributed by atoms with van der Waals surface area (Å²) in [6.07, 6.45) is 1.55. The van der Waals surface area contributed by atoms with E-state index in [4.69, 9.17) is 6.57 Å². The van der Waals surface area contributed by atoms with Crippen LogP contribution in [-0.2, 0) is 0 Å². The molecule has 0 saturated carbocycles. The normalized spacial score (nSPS) is 10.4. The van der Waals surface area contributed by atoms with Gasteiger partial charge in [0.25, 0.3) is 0 Å². The van der Waals surface area contributed by atoms with E-state index in [1.165, 1.54) is 28.9 Å². The van der Waals surface area contributed by atoms with Crippen molar-refractivity contribution >= 4 is 27.6 Å². The first-order chi connectivity index (χ1) is 11.5. The molecule has 0 radical (unpaired) electrons. The molecule has 0 unspecified atom stereocenters. The molecule has 0 saturated heterocycles. The van der Waals surface area contributed by atoms with E-state index in [0.717, 1.165) is 4.47 Å². The van der Waals surface area contributed by atoms with E-state index in [0.29, 0.717) is 17.1 Å². The van der Waals surface area contributed by atoms with Crippen LogP contribution in [0.5, 0.6) is 0 Å². The lowest BCUT2D eigenvalue weighted by molar-refractivity contribution is 0.0690. The molecule has 2 heterocycles. The van der Waals surface area contributed by atoms with Crippen LogP contribution in [0.1, 0.15) is 10.5 Å². The maximum Gasteiger partial charge on any atom is 0.356 e. The molecule has 0 aliphatic carbocycles. The van der Waals surface area contributed by atoms with Gasteiger partial charge in [0, 0.05) is 16.2 Å². The van der Waals surface area contributed by atoms with Crippen LogP contribution in [0.3, 0.4) is 0 Å². The predicted molar refractivity (Wildman–Crippen MR) is 87.7 cm³/mol. The summed E-state index contributed by atoms with van der Waals surface area (Å²) in [5, 5.41) is 13.2. The van der Waals surface area contributed by atoms with Crippen LogP contribution in [0, 0.1) is 12.4 Å². The third-order valence-electron chi connectivity index (χ3n) is 3.22. The van der Waals surface area contributed by atoms with Crippen LogP contribution >= 0.6 is 15.9 Å². The van der Waals surface area contributed by atoms with Crippen molar-refractivity contribution in [1.82, 2.24) is 14.8 Å². The highest BCUT2D eigenvalue weighted by molar-refractivity contribution is 9.10. The molecule has 6 nitrogen and oxygen atoms in total. The van der Waals surface area contributed by atoms with Crippen molar-refractivity contribution in [2.75, 3.05) is 0 Å². The monoisotopic (exact) mass is 386 g/mol. The summed E-state index contributed by atoms with van der Waals surface area (Å²) in [6.45, 7) is 6.89. The average Bonchev–Trinajstić information content (AvgIpc) is 3.01. The molecule has 2 aromatic heterocycles. The lowest BCUT2D eigenvalue weighted by Gasteiger charge is -2.07. The van der Waals surface area contributed by atoms with Gasteiger partial charge in [0.05, 0.1) is 12.3 Å². The first-order valence-electron chi connectivity index (χ1n) is 6.62. The van der Waals surface area contributed by atoms with Gasteiger partial charge in [0.15, 0.2) is 11.5 Å². The van der Waals surface area contributed by atoms with E-state index in [1.54, 1.807) is 18.3 Å². The Bertz CT molecular complexity index is 977. The fraction of sp³-hybridized carbons (Fsp3) is 0. The maximum absolute atomic E-state index is 13.9. The SMILES string of the molecule is [C-]#[N+]c1ccc(-c2cc(C(=O)O)nn2-c2ccc(Br)cn2)cc1F. The van der Waals surface area contributed by atoms with E-state index in [1.807, 2.05) is 0 Å². The largest absolute Gasteiger partial charge is 0.476 e. The standard InChI is InChI=1S/C16H8BrFN4O2/c1-19-12-4-2-9(6-11(12)18)14-7-13(16(23)24)21-22(14)15-5-3-10(17)8-20-15/h2-8H,(H,23,24). The van der Waals surface area contributed by atoms with Gasteiger partial charge >= 0.3 is 5.97 Å². The van der Waals surface area contributed by atoms with Crippen molar-refractivity contribution in [3.05, 3.63) is 70.0 Å². The van der Waals surface area contributed by atoms with Crippen molar-refractivity contribution < 1.29 is 14.3 Å². The van der Waals surface area contributed by atoms with Crippen LogP contribution in [0.2, 0.25) is 0 Å². The summed E-state index contributed by atoms with van der Waals surface area (Å²) >= 11 is 3.27. The summed E-state index contributed by atoms with van der Waals surface area (Å²) < 4.78 is 16.0. The van der Waals surface area contributed by atoms with E-state index in [2.05, 4.69) is 30.9 Å². The topological polar surface area (TPSA) is 72.4 Å². The Kier molecular flexibility index (Phi) is 4.10. The zero-order valence-electron chi connectivity index (χ0n) is 11.9. The third kappa shape index (κ3) is 2.89. The Hall–Kier alpha value is -3.05. The number of hydrogen-bond acceptors (Lipinski definition) is 3. The Morgan fingerprint density at radius 1 is 1.29 bits per heavy atom. The molecule has 0 bridgehead atoms. The maximum atomic E-state index is 13.9. The highest BCUT2D eigenvalue weighted by Gasteiger charge is 2.17. The molecule has 0 spiro atoms. The summed E-state index contributed by atoms with van der Waals surface area (Å²) in [6, 6.07) is 8.76. The second kappa shape index (κ2) is 6.22. The first kappa shape index (κ1) is 15.8. The van der Waals surface area contributed by atoms with Crippen molar-refractivity contribution in [1.29, 1.82) is 0 Å². The quantitative estimate of drug-likeness (QED) is 0.688. The summed E-state index contributed by atoms with van der Waals surface area (Å²) in [5.74, 6) is -1.50. The molecule has 0 aliphatic heterocycles. The van der Waals surface area contributed by atoms with E-state index in [9.17, 15) is 14.3 Å². The predicted octanol–water partition coefficient (Wildman–Crippen LogP) is 4.08. The smallest absolute Gasteiger partial charge is 0.356 e. The fourth-order valence-electron chi connectivity index (χ4n) is 2.12. The van der Waals surface area contributed by atoms with Crippen molar-refractivity contribution in [3.8, 4) is 17.1 Å². The third-order valence-corrected chi connectivity index (χ3v) is 3.69. The molecule has 3 rings (SSSR count). The fourth-order valence-corrected chi connectivity index (χ4v) is 2.35. The minimum atomic E-state index is -1.20. The lowest BCUT2D eigenvalue weighted by Crippen LogP contribution is -2.04. The van der Waals surface area contributed by atoms with Crippen LogP contribution in [-0.4, -0.2) is 25.8 Å². The van der Waals surface area contributed by atoms with Crippen molar-refractivity contribution in [2.24, 2.45) is 0 Å². The van der Waals surface area contributed by atoms with Crippen LogP contribution in [0.4, 0.5) is 10.1 Å². The zero-order valence-corrected chi connectivity index (χ0v) is 13.5. The van der Waals surface area contributed by atoms with Gasteiger partial charge in [-0.05, 0) is 40.2 Å². The van der Waals surface area contributed by atoms with E-state index < -0.39 is 11.8 Å². The van der Waals surface area contributed by atoms with Crippen LogP contribution in [0.25, 0.3) is 21.9 Å². The average molecular weight is 387 g/mol. The van der Waals surface area contributed by atoms with Gasteiger partial charge in [-0.1, -0.05) is 12.1 Å². The number of aromatic carboxylic acids is 1. The number of aromatic nitrogens is 3. The number of benzene rings is 1. The highest BCUT2D eigenvalue weighted by atomic mass is 79.9. The molecule has 0 amide bonds. The van der Waals surface area contributed by atoms with Gasteiger partial charge in [-0.25, -0.2) is 23.7 Å². The van der Waals surface area contributed by atoms with Gasteiger partial charge in [-0.2, -0.15) is 5.10 Å². The zero-order chi connectivity index (χ0) is 17.3. The number of pyridine rings is 1. The summed E-state index contributed by atoms with van der Waals surface area (Å²) in [7, 11) is 0. The number of halogens is 2. The Morgan fingerprint density at radius 2 is 2.08 bits per heavy atom. The molecule has 8 heteroatoms. The summed E-state index contributed by atoms with van der Waals surface area (Å²) in [5.41, 5.74) is 0.455. The first-order valence-corrected chi connectivity index (χ1v) is 7.41. The molecular weight excluding hydrogens is 379 g/mol. The Morgan fingerprint density at radius 3 is 2.67 bits per heavy atom. The second-order valence-corrected chi connectivity index (χ2v) is 5.66. The highest BCUT2D eigenvalue weighted by Crippen LogP contribution is 2.28. The number of carboxylic acids is 1. The molecule has 24 heavy (non-hydrogen) atoms. The van der Waals surface area contributed by atoms with Crippen molar-refractivity contribution in [2.45, 2.75) is 0 Å². The number of rotatable bonds is 3. The Labute approximate surface area is 144 Å².